The van der Waals surface area contributed by atoms with E-state index in [4.69, 9.17) is 0 Å². The van der Waals surface area contributed by atoms with Gasteiger partial charge < -0.3 is 4.90 Å². The summed E-state index contributed by atoms with van der Waals surface area (Å²) in [7, 11) is 0. The lowest BCUT2D eigenvalue weighted by molar-refractivity contribution is 0.0717. The predicted octanol–water partition coefficient (Wildman–Crippen LogP) is 3.85. The molecule has 1 aliphatic carbocycles. The highest BCUT2D eigenvalue weighted by Crippen LogP contribution is 2.29. The largest absolute Gasteiger partial charge is 0.335 e. The van der Waals surface area contributed by atoms with Gasteiger partial charge in [-0.15, -0.1) is 0 Å². The number of hydrogen-bond donors (Lipinski definition) is 0. The van der Waals surface area contributed by atoms with Crippen LogP contribution in [0.5, 0.6) is 0 Å². The third kappa shape index (κ3) is 3.10. The topological polar surface area (TPSA) is 20.3 Å². The van der Waals surface area contributed by atoms with E-state index in [0.717, 1.165) is 12.8 Å². The lowest BCUT2D eigenvalue weighted by Gasteiger charge is -2.24. The minimum Gasteiger partial charge on any atom is -0.335 e. The quantitative estimate of drug-likeness (QED) is 0.827. The number of carbonyl (C=O) groups is 1. The fourth-order valence-corrected chi connectivity index (χ4v) is 2.33. The molecule has 0 radical (unpaired) electrons. The summed E-state index contributed by atoms with van der Waals surface area (Å²) in [5, 5.41) is 0. The van der Waals surface area contributed by atoms with Gasteiger partial charge in [-0.2, -0.15) is 0 Å². The molecule has 1 aromatic rings. The fraction of sp³-hybridized carbons (Fsp3) is 0.500. The lowest BCUT2D eigenvalue weighted by Crippen LogP contribution is -2.36. The van der Waals surface area contributed by atoms with Crippen LogP contribution in [0.15, 0.2) is 22.7 Å². The molecular formula is C14H17BrFNO. The maximum atomic E-state index is 13.8. The van der Waals surface area contributed by atoms with E-state index in [2.05, 4.69) is 29.8 Å². The number of halogens is 2. The van der Waals surface area contributed by atoms with E-state index < -0.39 is 5.82 Å². The Balaban J connectivity index is 2.22. The molecule has 0 atom stereocenters. The monoisotopic (exact) mass is 313 g/mol. The van der Waals surface area contributed by atoms with Crippen molar-refractivity contribution in [2.45, 2.75) is 32.7 Å². The Kier molecular flexibility index (Phi) is 4.05. The second-order valence-electron chi connectivity index (χ2n) is 5.21. The highest BCUT2D eigenvalue weighted by atomic mass is 79.9. The highest BCUT2D eigenvalue weighted by Gasteiger charge is 2.34. The van der Waals surface area contributed by atoms with Gasteiger partial charge in [-0.1, -0.05) is 29.8 Å². The van der Waals surface area contributed by atoms with Gasteiger partial charge in [0, 0.05) is 17.1 Å². The first kappa shape index (κ1) is 13.5. The molecule has 0 saturated heterocycles. The number of amides is 1. The predicted molar refractivity (Wildman–Crippen MR) is 73.0 cm³/mol. The first-order chi connectivity index (χ1) is 8.49. The van der Waals surface area contributed by atoms with Crippen molar-refractivity contribution < 1.29 is 9.18 Å². The van der Waals surface area contributed by atoms with Crippen molar-refractivity contribution in [2.24, 2.45) is 5.92 Å². The zero-order valence-corrected chi connectivity index (χ0v) is 12.2. The molecule has 0 heterocycles. The van der Waals surface area contributed by atoms with Crippen molar-refractivity contribution in [3.8, 4) is 0 Å². The standard InChI is InChI=1S/C14H17BrFNO/c1-9(2)8-17(11-4-5-11)14(18)12-6-3-10(15)7-13(12)16/h3,6-7,9,11H,4-5,8H2,1-2H3. The van der Waals surface area contributed by atoms with Crippen LogP contribution in [-0.2, 0) is 0 Å². The van der Waals surface area contributed by atoms with Gasteiger partial charge >= 0.3 is 0 Å². The Hall–Kier alpha value is -0.900. The van der Waals surface area contributed by atoms with Gasteiger partial charge in [0.15, 0.2) is 0 Å². The third-order valence-electron chi connectivity index (χ3n) is 2.97. The maximum absolute atomic E-state index is 13.8. The van der Waals surface area contributed by atoms with Crippen LogP contribution < -0.4 is 0 Å². The number of hydrogen-bond acceptors (Lipinski definition) is 1. The molecule has 0 aromatic heterocycles. The minimum absolute atomic E-state index is 0.172. The molecule has 0 unspecified atom stereocenters. The summed E-state index contributed by atoms with van der Waals surface area (Å²) in [6, 6.07) is 4.91. The van der Waals surface area contributed by atoms with Gasteiger partial charge in [0.2, 0.25) is 0 Å². The summed E-state index contributed by atoms with van der Waals surface area (Å²) in [5.41, 5.74) is 0.172. The van der Waals surface area contributed by atoms with Crippen molar-refractivity contribution in [2.75, 3.05) is 6.54 Å². The minimum atomic E-state index is -0.455. The fourth-order valence-electron chi connectivity index (χ4n) is 2.00. The summed E-state index contributed by atoms with van der Waals surface area (Å²) in [6.45, 7) is 4.83. The molecular weight excluding hydrogens is 297 g/mol. The number of benzene rings is 1. The average Bonchev–Trinajstić information content (AvgIpc) is 3.08. The molecule has 0 spiro atoms. The van der Waals surface area contributed by atoms with E-state index >= 15 is 0 Å². The second-order valence-corrected chi connectivity index (χ2v) is 6.12. The Bertz CT molecular complexity index is 457. The van der Waals surface area contributed by atoms with Gasteiger partial charge in [-0.3, -0.25) is 4.79 Å². The van der Waals surface area contributed by atoms with E-state index in [9.17, 15) is 9.18 Å². The van der Waals surface area contributed by atoms with Gasteiger partial charge in [-0.25, -0.2) is 4.39 Å². The molecule has 18 heavy (non-hydrogen) atoms. The highest BCUT2D eigenvalue weighted by molar-refractivity contribution is 9.10. The molecule has 0 N–H and O–H groups in total. The molecule has 2 rings (SSSR count). The summed E-state index contributed by atoms with van der Waals surface area (Å²) in [5.74, 6) is -0.243. The van der Waals surface area contributed by atoms with E-state index in [1.807, 2.05) is 4.90 Å². The molecule has 0 bridgehead atoms. The molecule has 2 nitrogen and oxygen atoms in total. The Labute approximate surface area is 115 Å². The van der Waals surface area contributed by atoms with Gasteiger partial charge in [0.25, 0.3) is 5.91 Å². The first-order valence-corrected chi connectivity index (χ1v) is 7.04. The molecule has 1 saturated carbocycles. The van der Waals surface area contributed by atoms with Crippen molar-refractivity contribution in [1.82, 2.24) is 4.90 Å². The van der Waals surface area contributed by atoms with E-state index in [1.165, 1.54) is 6.07 Å². The molecule has 0 aliphatic heterocycles. The zero-order chi connectivity index (χ0) is 13.3. The van der Waals surface area contributed by atoms with Gasteiger partial charge in [0.05, 0.1) is 5.56 Å². The molecule has 4 heteroatoms. The number of rotatable bonds is 4. The van der Waals surface area contributed by atoms with Crippen molar-refractivity contribution in [3.05, 3.63) is 34.1 Å². The Morgan fingerprint density at radius 3 is 2.67 bits per heavy atom. The SMILES string of the molecule is CC(C)CN(C(=O)c1ccc(Br)cc1F)C1CC1. The Morgan fingerprint density at radius 2 is 2.17 bits per heavy atom. The summed E-state index contributed by atoms with van der Waals surface area (Å²) >= 11 is 3.20. The summed E-state index contributed by atoms with van der Waals surface area (Å²) < 4.78 is 14.5. The van der Waals surface area contributed by atoms with Crippen LogP contribution in [0, 0.1) is 11.7 Å². The van der Waals surface area contributed by atoms with E-state index in [-0.39, 0.29) is 11.5 Å². The van der Waals surface area contributed by atoms with Crippen LogP contribution in [0.3, 0.4) is 0 Å². The number of nitrogens with zero attached hydrogens (tertiary/aromatic N) is 1. The summed E-state index contributed by atoms with van der Waals surface area (Å²) in [6.07, 6.45) is 2.08. The molecule has 1 amide bonds. The molecule has 1 aromatic carbocycles. The zero-order valence-electron chi connectivity index (χ0n) is 10.6. The van der Waals surface area contributed by atoms with Crippen molar-refractivity contribution in [3.63, 3.8) is 0 Å². The normalized spacial score (nSPS) is 14.9. The van der Waals surface area contributed by atoms with E-state index in [1.54, 1.807) is 12.1 Å². The lowest BCUT2D eigenvalue weighted by atomic mass is 10.1. The molecule has 98 valence electrons. The number of carbonyl (C=O) groups excluding carboxylic acids is 1. The first-order valence-electron chi connectivity index (χ1n) is 6.25. The van der Waals surface area contributed by atoms with Crippen LogP contribution in [0.2, 0.25) is 0 Å². The van der Waals surface area contributed by atoms with Crippen LogP contribution in [0.4, 0.5) is 4.39 Å². The second kappa shape index (κ2) is 5.39. The third-order valence-corrected chi connectivity index (χ3v) is 3.47. The van der Waals surface area contributed by atoms with Crippen molar-refractivity contribution in [1.29, 1.82) is 0 Å². The maximum Gasteiger partial charge on any atom is 0.257 e. The smallest absolute Gasteiger partial charge is 0.257 e. The Morgan fingerprint density at radius 1 is 1.50 bits per heavy atom. The molecule has 1 aliphatic rings. The van der Waals surface area contributed by atoms with Gasteiger partial charge in [-0.05, 0) is 37.0 Å². The van der Waals surface area contributed by atoms with Gasteiger partial charge in [0.1, 0.15) is 5.82 Å². The van der Waals surface area contributed by atoms with Crippen molar-refractivity contribution >= 4 is 21.8 Å². The van der Waals surface area contributed by atoms with Crippen LogP contribution in [-0.4, -0.2) is 23.4 Å². The van der Waals surface area contributed by atoms with Crippen LogP contribution in [0.1, 0.15) is 37.0 Å². The van der Waals surface area contributed by atoms with Crippen LogP contribution in [0.25, 0.3) is 0 Å². The summed E-state index contributed by atoms with van der Waals surface area (Å²) in [4.78, 5) is 14.2. The molecule has 1 fully saturated rings. The van der Waals surface area contributed by atoms with E-state index in [0.29, 0.717) is 23.0 Å². The average molecular weight is 314 g/mol. The van der Waals surface area contributed by atoms with Crippen LogP contribution >= 0.6 is 15.9 Å².